The van der Waals surface area contributed by atoms with E-state index in [1.807, 2.05) is 24.3 Å². The smallest absolute Gasteiger partial charge is 0.269 e. The Morgan fingerprint density at radius 2 is 1.08 bits per heavy atom. The molecule has 8 heteroatoms. The highest BCUT2D eigenvalue weighted by molar-refractivity contribution is 5.47. The lowest BCUT2D eigenvalue weighted by Crippen LogP contribution is -2.55. The average Bonchev–Trinajstić information content (AvgIpc) is 3.59. The fourth-order valence-corrected chi connectivity index (χ4v) is 13.2. The number of rotatable bonds is 13. The number of non-ortho nitro benzene ring substituents is 2. The molecule has 4 aromatic rings. The summed E-state index contributed by atoms with van der Waals surface area (Å²) >= 11 is 0. The van der Waals surface area contributed by atoms with Gasteiger partial charge in [0.05, 0.1) is 9.85 Å². The van der Waals surface area contributed by atoms with Crippen LogP contribution >= 0.6 is 0 Å². The van der Waals surface area contributed by atoms with Crippen molar-refractivity contribution in [3.8, 4) is 23.0 Å². The maximum Gasteiger partial charge on any atom is 0.269 e. The molecule has 0 saturated heterocycles. The number of hydrogen-bond acceptors (Lipinski definition) is 6. The van der Waals surface area contributed by atoms with Crippen LogP contribution in [0.3, 0.4) is 0 Å². The van der Waals surface area contributed by atoms with Crippen LogP contribution < -0.4 is 9.47 Å². The highest BCUT2D eigenvalue weighted by Gasteiger charge is 2.62. The van der Waals surface area contributed by atoms with Crippen LogP contribution in [-0.2, 0) is 5.41 Å². The Kier molecular flexibility index (Phi) is 11.4. The van der Waals surface area contributed by atoms with Crippen LogP contribution in [0.2, 0.25) is 0 Å². The molecule has 1 unspecified atom stereocenters. The van der Waals surface area contributed by atoms with Crippen molar-refractivity contribution in [2.24, 2.45) is 52.3 Å². The maximum absolute atomic E-state index is 11.2. The first-order chi connectivity index (χ1) is 28.3. The van der Waals surface area contributed by atoms with Gasteiger partial charge in [0, 0.05) is 29.7 Å². The third-order valence-electron chi connectivity index (χ3n) is 16.3. The fraction of sp³-hybridized carbons (Fsp3) is 0.529. The maximum atomic E-state index is 11.2. The van der Waals surface area contributed by atoms with Gasteiger partial charge in [-0.15, -0.1) is 0 Å². The molecule has 0 aromatic heterocycles. The van der Waals surface area contributed by atoms with Gasteiger partial charge < -0.3 is 9.47 Å². The molecule has 0 spiro atoms. The Morgan fingerprint density at radius 1 is 0.593 bits per heavy atom. The summed E-state index contributed by atoms with van der Waals surface area (Å²) in [5.74, 6) is 8.07. The molecule has 8 nitrogen and oxygen atoms in total. The molecular weight excluding hydrogens is 737 g/mol. The first-order valence-corrected chi connectivity index (χ1v) is 22.3. The Morgan fingerprint density at radius 3 is 1.58 bits per heavy atom. The van der Waals surface area contributed by atoms with E-state index < -0.39 is 9.85 Å². The lowest BCUT2D eigenvalue weighted by Gasteiger charge is -2.63. The predicted molar refractivity (Wildman–Crippen MR) is 233 cm³/mol. The van der Waals surface area contributed by atoms with Crippen molar-refractivity contribution in [2.45, 2.75) is 117 Å². The summed E-state index contributed by atoms with van der Waals surface area (Å²) in [5, 5.41) is 22.4. The van der Waals surface area contributed by atoms with E-state index in [0.717, 1.165) is 48.3 Å². The van der Waals surface area contributed by atoms with Crippen molar-refractivity contribution in [3.63, 3.8) is 0 Å². The lowest BCUT2D eigenvalue weighted by atomic mass is 9.42. The van der Waals surface area contributed by atoms with Gasteiger partial charge in [-0.2, -0.15) is 0 Å². The molecule has 8 atom stereocenters. The highest BCUT2D eigenvalue weighted by Crippen LogP contribution is 2.70. The number of nitrogens with zero attached hydrogens (tertiary/aromatic N) is 2. The predicted octanol–water partition coefficient (Wildman–Crippen LogP) is 14.5. The van der Waals surface area contributed by atoms with Crippen LogP contribution in [0.15, 0.2) is 97.1 Å². The van der Waals surface area contributed by atoms with Gasteiger partial charge in [-0.1, -0.05) is 78.1 Å². The summed E-state index contributed by atoms with van der Waals surface area (Å²) in [6, 6.07) is 29.5. The van der Waals surface area contributed by atoms with Crippen LogP contribution in [0, 0.1) is 72.5 Å². The Hall–Kier alpha value is -4.72. The molecule has 0 amide bonds. The third-order valence-corrected chi connectivity index (χ3v) is 16.3. The summed E-state index contributed by atoms with van der Waals surface area (Å²) in [4.78, 5) is 21.6. The molecule has 4 saturated carbocycles. The summed E-state index contributed by atoms with van der Waals surface area (Å²) in [5.41, 5.74) is 3.24. The van der Waals surface area contributed by atoms with Gasteiger partial charge in [-0.25, -0.2) is 0 Å². The number of nitro benzene ring substituents is 2. The van der Waals surface area contributed by atoms with Crippen molar-refractivity contribution in [2.75, 3.05) is 0 Å². The van der Waals surface area contributed by atoms with E-state index in [9.17, 15) is 20.2 Å². The first kappa shape index (κ1) is 41.0. The molecule has 59 heavy (non-hydrogen) atoms. The quantitative estimate of drug-likeness (QED) is 0.0985. The van der Waals surface area contributed by atoms with Gasteiger partial charge in [-0.05, 0) is 170 Å². The second-order valence-corrected chi connectivity index (χ2v) is 19.7. The normalized spacial score (nSPS) is 28.8. The molecule has 4 fully saturated rings. The van der Waals surface area contributed by atoms with Gasteiger partial charge in [0.1, 0.15) is 23.0 Å². The molecule has 0 radical (unpaired) electrons. The summed E-state index contributed by atoms with van der Waals surface area (Å²) < 4.78 is 12.3. The Bertz CT molecular complexity index is 2000. The second kappa shape index (κ2) is 16.4. The van der Waals surface area contributed by atoms with Crippen molar-refractivity contribution < 1.29 is 19.3 Å². The first-order valence-electron chi connectivity index (χ1n) is 22.3. The average molecular weight is 799 g/mol. The topological polar surface area (TPSA) is 105 Å². The fourth-order valence-electron chi connectivity index (χ4n) is 13.2. The highest BCUT2D eigenvalue weighted by atomic mass is 16.6. The van der Waals surface area contributed by atoms with E-state index in [4.69, 9.17) is 9.47 Å². The number of benzene rings is 4. The monoisotopic (exact) mass is 798 g/mol. The van der Waals surface area contributed by atoms with Crippen LogP contribution in [0.1, 0.15) is 123 Å². The van der Waals surface area contributed by atoms with Crippen LogP contribution in [0.4, 0.5) is 11.4 Å². The molecular formula is C51H62N2O6. The summed E-state index contributed by atoms with van der Waals surface area (Å²) in [6.45, 7) is 12.7. The molecule has 0 bridgehead atoms. The van der Waals surface area contributed by atoms with Crippen LogP contribution in [0.25, 0.3) is 0 Å². The minimum absolute atomic E-state index is 0.0360. The summed E-state index contributed by atoms with van der Waals surface area (Å²) in [7, 11) is 0. The zero-order valence-corrected chi connectivity index (χ0v) is 35.6. The van der Waals surface area contributed by atoms with Gasteiger partial charge in [0.2, 0.25) is 0 Å². The molecule has 0 heterocycles. The van der Waals surface area contributed by atoms with Crippen molar-refractivity contribution >= 4 is 11.4 Å². The number of fused-ring (bicyclic) bond motifs is 5. The zero-order chi connectivity index (χ0) is 41.5. The van der Waals surface area contributed by atoms with Crippen LogP contribution in [-0.4, -0.2) is 9.85 Å². The minimum Gasteiger partial charge on any atom is -0.457 e. The number of nitro groups is 2. The zero-order valence-electron chi connectivity index (χ0n) is 35.6. The van der Waals surface area contributed by atoms with Gasteiger partial charge >= 0.3 is 0 Å². The largest absolute Gasteiger partial charge is 0.457 e. The van der Waals surface area contributed by atoms with E-state index >= 15 is 0 Å². The minimum atomic E-state index is -0.402. The van der Waals surface area contributed by atoms with E-state index in [1.165, 1.54) is 99.6 Å². The van der Waals surface area contributed by atoms with E-state index in [0.29, 0.717) is 39.7 Å². The molecule has 4 aromatic carbocycles. The number of hydrogen-bond donors (Lipinski definition) is 0. The summed E-state index contributed by atoms with van der Waals surface area (Å²) in [6.07, 6.45) is 15.7. The third kappa shape index (κ3) is 7.89. The molecule has 8 rings (SSSR count). The molecule has 0 N–H and O–H groups in total. The van der Waals surface area contributed by atoms with Gasteiger partial charge in [0.25, 0.3) is 11.4 Å². The second-order valence-electron chi connectivity index (χ2n) is 19.7. The SMILES string of the molecule is CC(C)CCC[C@@H](C)[C@H]1CC[C@H]2[C@@H]3CCC4CC(c5ccc(Oc6ccc([N+](=O)[O-])cc6)cc5)(c5ccc(Oc6ccc([N+](=O)[O-])cc6)cc5)CC[C@]4(C)[C@H]3CC[C@]12C. The lowest BCUT2D eigenvalue weighted by molar-refractivity contribution is -0.385. The van der Waals surface area contributed by atoms with Gasteiger partial charge in [0.15, 0.2) is 0 Å². The van der Waals surface area contributed by atoms with Crippen molar-refractivity contribution in [3.05, 3.63) is 128 Å². The number of ether oxygens (including phenoxy) is 2. The van der Waals surface area contributed by atoms with E-state index in [1.54, 1.807) is 24.3 Å². The van der Waals surface area contributed by atoms with E-state index in [2.05, 4.69) is 58.9 Å². The van der Waals surface area contributed by atoms with Crippen molar-refractivity contribution in [1.82, 2.24) is 0 Å². The standard InChI is InChI=1S/C51H62N2O6/c1-34(2)7-6-8-35(3)46-27-28-47-45-26-13-38-33-51(32-31-49(38,4)48(45)29-30-50(46,47)5,36-9-18-41(19-10-36)58-43-22-14-39(15-23-43)52(54)55)37-11-20-42(21-12-37)59-44-24-16-40(17-25-44)53(56)57/h9-12,14-25,34-35,38,45-48H,6-8,13,26-33H2,1-5H3/t35-,38?,45+,46-,47+,48+,49+,50-/m1/s1. The Balaban J connectivity index is 1.04. The molecule has 4 aliphatic carbocycles. The molecule has 0 aliphatic heterocycles. The molecule has 312 valence electrons. The van der Waals surface area contributed by atoms with Crippen LogP contribution in [0.5, 0.6) is 23.0 Å². The Labute approximate surface area is 350 Å². The van der Waals surface area contributed by atoms with E-state index in [-0.39, 0.29) is 16.8 Å². The van der Waals surface area contributed by atoms with Crippen molar-refractivity contribution in [1.29, 1.82) is 0 Å². The molecule has 4 aliphatic rings. The van der Waals surface area contributed by atoms with Gasteiger partial charge in [-0.3, -0.25) is 20.2 Å².